The lowest BCUT2D eigenvalue weighted by Gasteiger charge is -2.22. The van der Waals surface area contributed by atoms with Gasteiger partial charge in [-0.2, -0.15) is 0 Å². The van der Waals surface area contributed by atoms with E-state index in [-0.39, 0.29) is 18.4 Å². The highest BCUT2D eigenvalue weighted by Gasteiger charge is 2.21. The number of rotatable bonds is 7. The normalized spacial score (nSPS) is 11.5. The molecular weight excluding hydrogens is 352 g/mol. The van der Waals surface area contributed by atoms with Gasteiger partial charge in [-0.15, -0.1) is 0 Å². The van der Waals surface area contributed by atoms with E-state index in [1.807, 2.05) is 31.2 Å². The van der Waals surface area contributed by atoms with Crippen LogP contribution in [-0.2, 0) is 16.0 Å². The van der Waals surface area contributed by atoms with Crippen molar-refractivity contribution in [2.24, 2.45) is 0 Å². The summed E-state index contributed by atoms with van der Waals surface area (Å²) in [6, 6.07) is 14.4. The highest BCUT2D eigenvalue weighted by Crippen LogP contribution is 2.19. The maximum Gasteiger partial charge on any atom is 0.263 e. The van der Waals surface area contributed by atoms with E-state index in [1.54, 1.807) is 38.2 Å². The van der Waals surface area contributed by atoms with Gasteiger partial charge in [-0.1, -0.05) is 42.8 Å². The van der Waals surface area contributed by atoms with Crippen LogP contribution in [0.1, 0.15) is 19.4 Å². The van der Waals surface area contributed by atoms with E-state index in [2.05, 4.69) is 5.32 Å². The lowest BCUT2D eigenvalue weighted by molar-refractivity contribution is -0.139. The second-order valence-corrected chi connectivity index (χ2v) is 6.41. The first-order chi connectivity index (χ1) is 12.4. The Morgan fingerprint density at radius 3 is 2.62 bits per heavy atom. The van der Waals surface area contributed by atoms with Gasteiger partial charge in [0.15, 0.2) is 6.10 Å². The molecule has 1 atom stereocenters. The molecule has 1 N–H and O–H groups in total. The third-order valence-corrected chi connectivity index (χ3v) is 4.12. The molecule has 1 unspecified atom stereocenters. The Morgan fingerprint density at radius 1 is 1.19 bits per heavy atom. The molecule has 2 rings (SSSR count). The Kier molecular flexibility index (Phi) is 7.04. The van der Waals surface area contributed by atoms with E-state index in [9.17, 15) is 9.59 Å². The minimum Gasteiger partial charge on any atom is -0.481 e. The highest BCUT2D eigenvalue weighted by atomic mass is 35.5. The number of aryl methyl sites for hydroxylation is 1. The Balaban J connectivity index is 1.92. The van der Waals surface area contributed by atoms with Gasteiger partial charge in [-0.3, -0.25) is 9.59 Å². The molecule has 5 nitrogen and oxygen atoms in total. The van der Waals surface area contributed by atoms with Crippen LogP contribution in [0.4, 0.5) is 5.69 Å². The molecule has 138 valence electrons. The van der Waals surface area contributed by atoms with Crippen molar-refractivity contribution in [1.82, 2.24) is 4.90 Å². The van der Waals surface area contributed by atoms with Gasteiger partial charge in [-0.25, -0.2) is 0 Å². The number of ether oxygens (including phenoxy) is 1. The summed E-state index contributed by atoms with van der Waals surface area (Å²) < 4.78 is 5.61. The van der Waals surface area contributed by atoms with Gasteiger partial charge in [0.25, 0.3) is 5.91 Å². The number of amides is 2. The number of benzene rings is 2. The van der Waals surface area contributed by atoms with Crippen LogP contribution >= 0.6 is 11.6 Å². The van der Waals surface area contributed by atoms with Crippen molar-refractivity contribution in [2.45, 2.75) is 26.4 Å². The standard InChI is InChI=1S/C20H23ClN2O3/c1-4-15-8-5-6-11-18(15)22-19(24)13-23(3)20(25)14(2)26-17-10-7-9-16(21)12-17/h5-12,14H,4,13H2,1-3H3,(H,22,24). The summed E-state index contributed by atoms with van der Waals surface area (Å²) >= 11 is 5.91. The Labute approximate surface area is 158 Å². The quantitative estimate of drug-likeness (QED) is 0.802. The summed E-state index contributed by atoms with van der Waals surface area (Å²) in [5.74, 6) is -0.0336. The maximum atomic E-state index is 12.4. The van der Waals surface area contributed by atoms with Crippen LogP contribution in [0.3, 0.4) is 0 Å². The SMILES string of the molecule is CCc1ccccc1NC(=O)CN(C)C(=O)C(C)Oc1cccc(Cl)c1. The van der Waals surface area contributed by atoms with Crippen LogP contribution in [0, 0.1) is 0 Å². The number of halogens is 1. The molecule has 0 saturated carbocycles. The van der Waals surface area contributed by atoms with Crippen LogP contribution in [0.15, 0.2) is 48.5 Å². The van der Waals surface area contributed by atoms with Crippen molar-refractivity contribution >= 4 is 29.1 Å². The van der Waals surface area contributed by atoms with Crippen molar-refractivity contribution in [3.63, 3.8) is 0 Å². The molecule has 0 aliphatic carbocycles. The van der Waals surface area contributed by atoms with Crippen LogP contribution in [0.25, 0.3) is 0 Å². The average Bonchev–Trinajstić information content (AvgIpc) is 2.61. The predicted molar refractivity (Wildman–Crippen MR) is 104 cm³/mol. The van der Waals surface area contributed by atoms with Crippen molar-refractivity contribution in [1.29, 1.82) is 0 Å². The largest absolute Gasteiger partial charge is 0.481 e. The zero-order valence-corrected chi connectivity index (χ0v) is 15.9. The van der Waals surface area contributed by atoms with E-state index in [1.165, 1.54) is 4.90 Å². The van der Waals surface area contributed by atoms with Gasteiger partial charge in [0.1, 0.15) is 5.75 Å². The summed E-state index contributed by atoms with van der Waals surface area (Å²) in [4.78, 5) is 26.0. The Bertz CT molecular complexity index is 779. The molecule has 0 aliphatic rings. The number of carbonyl (C=O) groups is 2. The van der Waals surface area contributed by atoms with E-state index >= 15 is 0 Å². The summed E-state index contributed by atoms with van der Waals surface area (Å²) in [6.45, 7) is 3.61. The number of nitrogens with one attached hydrogen (secondary N) is 1. The predicted octanol–water partition coefficient (Wildman–Crippen LogP) is 3.77. The first-order valence-electron chi connectivity index (χ1n) is 8.45. The zero-order chi connectivity index (χ0) is 19.1. The first kappa shape index (κ1) is 19.8. The lowest BCUT2D eigenvalue weighted by Crippen LogP contribution is -2.42. The minimum absolute atomic E-state index is 0.0554. The third kappa shape index (κ3) is 5.49. The second-order valence-electron chi connectivity index (χ2n) is 5.97. The number of carbonyl (C=O) groups excluding carboxylic acids is 2. The number of anilines is 1. The summed E-state index contributed by atoms with van der Waals surface area (Å²) in [5, 5.41) is 3.38. The smallest absolute Gasteiger partial charge is 0.263 e. The number of para-hydroxylation sites is 1. The molecular formula is C20H23ClN2O3. The summed E-state index contributed by atoms with van der Waals surface area (Å²) in [5.41, 5.74) is 1.82. The first-order valence-corrected chi connectivity index (χ1v) is 8.83. The van der Waals surface area contributed by atoms with Crippen LogP contribution < -0.4 is 10.1 Å². The van der Waals surface area contributed by atoms with Gasteiger partial charge in [0, 0.05) is 17.8 Å². The van der Waals surface area contributed by atoms with Gasteiger partial charge in [0.2, 0.25) is 5.91 Å². The molecule has 0 heterocycles. The van der Waals surface area contributed by atoms with Crippen molar-refractivity contribution in [2.75, 3.05) is 18.9 Å². The minimum atomic E-state index is -0.728. The number of nitrogens with zero attached hydrogens (tertiary/aromatic N) is 1. The monoisotopic (exact) mass is 374 g/mol. The second kappa shape index (κ2) is 9.25. The fourth-order valence-electron chi connectivity index (χ4n) is 2.54. The highest BCUT2D eigenvalue weighted by molar-refractivity contribution is 6.30. The van der Waals surface area contributed by atoms with Gasteiger partial charge >= 0.3 is 0 Å². The molecule has 0 spiro atoms. The van der Waals surface area contributed by atoms with Gasteiger partial charge in [-0.05, 0) is 43.2 Å². The zero-order valence-electron chi connectivity index (χ0n) is 15.2. The number of likely N-dealkylation sites (N-methyl/N-ethyl adjacent to an activating group) is 1. The lowest BCUT2D eigenvalue weighted by atomic mass is 10.1. The van der Waals surface area contributed by atoms with Crippen LogP contribution in [0.5, 0.6) is 5.75 Å². The molecule has 0 bridgehead atoms. The van der Waals surface area contributed by atoms with E-state index in [4.69, 9.17) is 16.3 Å². The molecule has 0 saturated heterocycles. The Hall–Kier alpha value is -2.53. The number of hydrogen-bond acceptors (Lipinski definition) is 3. The molecule has 2 amide bonds. The van der Waals surface area contributed by atoms with Crippen LogP contribution in [0.2, 0.25) is 5.02 Å². The number of hydrogen-bond donors (Lipinski definition) is 1. The van der Waals surface area contributed by atoms with Gasteiger partial charge < -0.3 is 15.0 Å². The van der Waals surface area contributed by atoms with Gasteiger partial charge in [0.05, 0.1) is 6.54 Å². The molecule has 0 radical (unpaired) electrons. The fourth-order valence-corrected chi connectivity index (χ4v) is 2.72. The van der Waals surface area contributed by atoms with Crippen molar-refractivity contribution < 1.29 is 14.3 Å². The maximum absolute atomic E-state index is 12.4. The molecule has 0 aromatic heterocycles. The average molecular weight is 375 g/mol. The Morgan fingerprint density at radius 2 is 1.92 bits per heavy atom. The third-order valence-electron chi connectivity index (χ3n) is 3.89. The molecule has 6 heteroatoms. The van der Waals surface area contributed by atoms with Crippen LogP contribution in [-0.4, -0.2) is 36.4 Å². The molecule has 2 aromatic rings. The molecule has 26 heavy (non-hydrogen) atoms. The fraction of sp³-hybridized carbons (Fsp3) is 0.300. The molecule has 2 aromatic carbocycles. The van der Waals surface area contributed by atoms with Crippen molar-refractivity contribution in [3.05, 3.63) is 59.1 Å². The topological polar surface area (TPSA) is 58.6 Å². The van der Waals surface area contributed by atoms with E-state index in [0.29, 0.717) is 10.8 Å². The van der Waals surface area contributed by atoms with E-state index < -0.39 is 6.10 Å². The summed E-state index contributed by atoms with van der Waals surface area (Å²) in [6.07, 6.45) is 0.0876. The van der Waals surface area contributed by atoms with Crippen molar-refractivity contribution in [3.8, 4) is 5.75 Å². The molecule has 0 aliphatic heterocycles. The van der Waals surface area contributed by atoms with E-state index in [0.717, 1.165) is 17.7 Å². The molecule has 0 fully saturated rings. The summed E-state index contributed by atoms with van der Waals surface area (Å²) in [7, 11) is 1.57.